The second kappa shape index (κ2) is 9.19. The summed E-state index contributed by atoms with van der Waals surface area (Å²) in [6.45, 7) is 0. The quantitative estimate of drug-likeness (QED) is 0.232. The summed E-state index contributed by atoms with van der Waals surface area (Å²) >= 11 is 5.05. The molecule has 16 heteroatoms. The maximum Gasteiger partial charge on any atom is 0.417 e. The first kappa shape index (κ1) is 28.2. The Morgan fingerprint density at radius 3 is 1.06 bits per heavy atom. The third-order valence-corrected chi connectivity index (χ3v) is 5.16. The van der Waals surface area contributed by atoms with Crippen molar-refractivity contribution in [3.63, 3.8) is 0 Å². The number of hydrogen-bond acceptors (Lipinski definition) is 2. The van der Waals surface area contributed by atoms with Crippen molar-refractivity contribution >= 4 is 43.2 Å². The van der Waals surface area contributed by atoms with Crippen LogP contribution in [0.4, 0.5) is 64.1 Å². The molecule has 0 fully saturated rings. The lowest BCUT2D eigenvalue weighted by atomic mass is 10.1. The summed E-state index contributed by atoms with van der Waals surface area (Å²) in [5, 5.41) is 0. The Labute approximate surface area is 187 Å². The van der Waals surface area contributed by atoms with E-state index in [0.29, 0.717) is 12.1 Å². The highest BCUT2D eigenvalue weighted by Gasteiger charge is 2.41. The minimum Gasteiger partial charge on any atom is -0.399 e. The number of benzene rings is 2. The molecule has 0 spiro atoms. The van der Waals surface area contributed by atoms with Crippen LogP contribution in [-0.2, 0) is 24.7 Å². The van der Waals surface area contributed by atoms with Crippen LogP contribution in [0.1, 0.15) is 22.3 Å². The van der Waals surface area contributed by atoms with Crippen molar-refractivity contribution in [2.24, 2.45) is 0 Å². The Kier molecular flexibility index (Phi) is 8.10. The molecule has 0 aliphatic rings. The molecule has 180 valence electrons. The first-order valence-electron chi connectivity index (χ1n) is 7.53. The van der Waals surface area contributed by atoms with Gasteiger partial charge in [-0.3, -0.25) is 0 Å². The van der Waals surface area contributed by atoms with Gasteiger partial charge >= 0.3 is 24.7 Å². The van der Waals surface area contributed by atoms with Crippen LogP contribution in [0.3, 0.4) is 0 Å². The number of rotatable bonds is 0. The first-order valence-corrected chi connectivity index (χ1v) is 9.12. The molecule has 2 aromatic carbocycles. The molecule has 0 saturated carbocycles. The number of hydrogen-bond donors (Lipinski definition) is 2. The van der Waals surface area contributed by atoms with Crippen molar-refractivity contribution in [2.75, 3.05) is 11.5 Å². The second-order valence-corrected chi connectivity index (χ2v) is 7.43. The highest BCUT2D eigenvalue weighted by molar-refractivity contribution is 9.11. The van der Waals surface area contributed by atoms with Crippen molar-refractivity contribution in [3.05, 3.63) is 55.5 Å². The van der Waals surface area contributed by atoms with Gasteiger partial charge in [-0.05, 0) is 56.1 Å². The van der Waals surface area contributed by atoms with Gasteiger partial charge in [0.15, 0.2) is 0 Å². The molecule has 0 aromatic heterocycles. The van der Waals surface area contributed by atoms with Crippen LogP contribution in [0.25, 0.3) is 0 Å². The predicted molar refractivity (Wildman–Crippen MR) is 97.1 cm³/mol. The summed E-state index contributed by atoms with van der Waals surface area (Å²) in [4.78, 5) is 0. The van der Waals surface area contributed by atoms with Crippen LogP contribution in [-0.4, -0.2) is 0 Å². The monoisotopic (exact) mass is 614 g/mol. The van der Waals surface area contributed by atoms with Gasteiger partial charge in [0.05, 0.1) is 36.9 Å². The maximum atomic E-state index is 12.5. The standard InChI is InChI=1S/C8H3Br2F6N.C8H5F6N/c9-4-2(7(11,12)13)1-3(8(14,15)16)5(10)6(4)17;9-7(10,11)4-1-5(8(12,13)14)3-6(15)2-4/h1H,17H2;1-3H,15H2. The maximum absolute atomic E-state index is 12.5. The fourth-order valence-electron chi connectivity index (χ4n) is 2.05. The van der Waals surface area contributed by atoms with E-state index in [9.17, 15) is 52.7 Å². The van der Waals surface area contributed by atoms with E-state index in [4.69, 9.17) is 11.5 Å². The largest absolute Gasteiger partial charge is 0.417 e. The normalized spacial score (nSPS) is 12.9. The Morgan fingerprint density at radius 2 is 0.812 bits per heavy atom. The molecular formula is C16H8Br2F12N2. The molecule has 2 rings (SSSR count). The molecule has 0 radical (unpaired) electrons. The SMILES string of the molecule is Nc1c(Br)c(C(F)(F)F)cc(C(F)(F)F)c1Br.Nc1cc(C(F)(F)F)cc(C(F)(F)F)c1. The molecule has 0 amide bonds. The summed E-state index contributed by atoms with van der Waals surface area (Å²) in [5.41, 5.74) is 3.17. The van der Waals surface area contributed by atoms with Gasteiger partial charge in [0.1, 0.15) is 0 Å². The van der Waals surface area contributed by atoms with Crippen LogP contribution in [0.2, 0.25) is 0 Å². The molecule has 0 bridgehead atoms. The van der Waals surface area contributed by atoms with Crippen LogP contribution in [0, 0.1) is 0 Å². The molecule has 32 heavy (non-hydrogen) atoms. The Bertz CT molecular complexity index is 905. The summed E-state index contributed by atoms with van der Waals surface area (Å²) < 4.78 is 146. The van der Waals surface area contributed by atoms with E-state index in [1.807, 2.05) is 0 Å². The van der Waals surface area contributed by atoms with E-state index < -0.39 is 67.3 Å². The first-order chi connectivity index (χ1) is 14.1. The number of anilines is 2. The van der Waals surface area contributed by atoms with Crippen LogP contribution in [0.5, 0.6) is 0 Å². The molecule has 0 saturated heterocycles. The Hall–Kier alpha value is -1.84. The molecule has 0 aliphatic heterocycles. The third-order valence-electron chi connectivity index (χ3n) is 3.46. The average Bonchev–Trinajstić information content (AvgIpc) is 2.56. The van der Waals surface area contributed by atoms with Gasteiger partial charge in [0, 0.05) is 5.69 Å². The number of nitrogens with two attached hydrogens (primary N) is 2. The molecule has 0 unspecified atom stereocenters. The average molecular weight is 616 g/mol. The Morgan fingerprint density at radius 1 is 0.500 bits per heavy atom. The zero-order chi connectivity index (χ0) is 25.4. The van der Waals surface area contributed by atoms with Gasteiger partial charge in [-0.15, -0.1) is 0 Å². The molecule has 0 aliphatic carbocycles. The second-order valence-electron chi connectivity index (χ2n) is 5.85. The highest BCUT2D eigenvalue weighted by Crippen LogP contribution is 2.46. The molecular weight excluding hydrogens is 608 g/mol. The lowest BCUT2D eigenvalue weighted by molar-refractivity contribution is -0.145. The fourth-order valence-corrected chi connectivity index (χ4v) is 3.39. The van der Waals surface area contributed by atoms with Crippen LogP contribution in [0.15, 0.2) is 33.2 Å². The van der Waals surface area contributed by atoms with Gasteiger partial charge in [0.2, 0.25) is 0 Å². The topological polar surface area (TPSA) is 52.0 Å². The van der Waals surface area contributed by atoms with E-state index in [0.717, 1.165) is 0 Å². The molecule has 2 nitrogen and oxygen atoms in total. The van der Waals surface area contributed by atoms with E-state index in [1.165, 1.54) is 0 Å². The third kappa shape index (κ3) is 7.08. The van der Waals surface area contributed by atoms with Gasteiger partial charge in [-0.25, -0.2) is 0 Å². The van der Waals surface area contributed by atoms with Crippen LogP contribution >= 0.6 is 31.9 Å². The van der Waals surface area contributed by atoms with E-state index >= 15 is 0 Å². The van der Waals surface area contributed by atoms with Crippen LogP contribution < -0.4 is 11.5 Å². The van der Waals surface area contributed by atoms with Crippen molar-refractivity contribution in [1.82, 2.24) is 0 Å². The zero-order valence-corrected chi connectivity index (χ0v) is 17.9. The molecule has 2 aromatic rings. The van der Waals surface area contributed by atoms with E-state index in [2.05, 4.69) is 31.9 Å². The van der Waals surface area contributed by atoms with Gasteiger partial charge in [-0.1, -0.05) is 0 Å². The smallest absolute Gasteiger partial charge is 0.399 e. The van der Waals surface area contributed by atoms with Gasteiger partial charge < -0.3 is 11.5 Å². The van der Waals surface area contributed by atoms with E-state index in [1.54, 1.807) is 0 Å². The molecule has 4 N–H and O–H groups in total. The Balaban J connectivity index is 0.000000323. The lowest BCUT2D eigenvalue weighted by Crippen LogP contribution is -2.14. The van der Waals surface area contributed by atoms with E-state index in [-0.39, 0.29) is 12.1 Å². The van der Waals surface area contributed by atoms with Crippen molar-refractivity contribution in [2.45, 2.75) is 24.7 Å². The number of nitrogen functional groups attached to an aromatic ring is 2. The van der Waals surface area contributed by atoms with Gasteiger partial charge in [0.25, 0.3) is 0 Å². The number of halogens is 14. The lowest BCUT2D eigenvalue weighted by Gasteiger charge is -2.17. The van der Waals surface area contributed by atoms with Crippen molar-refractivity contribution in [1.29, 1.82) is 0 Å². The summed E-state index contributed by atoms with van der Waals surface area (Å²) in [5.74, 6) is 0. The summed E-state index contributed by atoms with van der Waals surface area (Å²) in [7, 11) is 0. The zero-order valence-electron chi connectivity index (χ0n) is 14.8. The summed E-state index contributed by atoms with van der Waals surface area (Å²) in [6, 6.07) is 0.936. The summed E-state index contributed by atoms with van der Waals surface area (Å²) in [6.07, 6.45) is -19.5. The predicted octanol–water partition coefficient (Wildman–Crippen LogP) is 8.14. The van der Waals surface area contributed by atoms with Crippen molar-refractivity contribution < 1.29 is 52.7 Å². The fraction of sp³-hybridized carbons (Fsp3) is 0.250. The van der Waals surface area contributed by atoms with Gasteiger partial charge in [-0.2, -0.15) is 52.7 Å². The van der Waals surface area contributed by atoms with Crippen molar-refractivity contribution in [3.8, 4) is 0 Å². The highest BCUT2D eigenvalue weighted by atomic mass is 79.9. The molecule has 0 atom stereocenters. The molecule has 0 heterocycles. The number of alkyl halides is 12. The minimum atomic E-state index is -4.92. The minimum absolute atomic E-state index is 0.00449.